The van der Waals surface area contributed by atoms with Gasteiger partial charge >= 0.3 is 5.97 Å². The molecule has 2 aromatic heterocycles. The third kappa shape index (κ3) is 2.56. The van der Waals surface area contributed by atoms with Crippen LogP contribution in [0.3, 0.4) is 0 Å². The molecular formula is C14H15NO3S. The summed E-state index contributed by atoms with van der Waals surface area (Å²) in [6.45, 7) is 2.05. The van der Waals surface area contributed by atoms with E-state index in [0.29, 0.717) is 17.3 Å². The Morgan fingerprint density at radius 3 is 3.05 bits per heavy atom. The van der Waals surface area contributed by atoms with Crippen molar-refractivity contribution >= 4 is 17.3 Å². The number of hydrogen-bond donors (Lipinski definition) is 0. The van der Waals surface area contributed by atoms with Gasteiger partial charge in [-0.25, -0.2) is 4.98 Å². The average molecular weight is 277 g/mol. The molecule has 1 fully saturated rings. The zero-order valence-corrected chi connectivity index (χ0v) is 11.5. The van der Waals surface area contributed by atoms with Gasteiger partial charge in [0.25, 0.3) is 0 Å². The molecule has 0 saturated heterocycles. The summed E-state index contributed by atoms with van der Waals surface area (Å²) in [5.41, 5.74) is 0.705. The Balaban J connectivity index is 1.66. The maximum absolute atomic E-state index is 11.7. The molecule has 5 heteroatoms. The number of ether oxygens (including phenoxy) is 1. The highest BCUT2D eigenvalue weighted by Gasteiger charge is 2.27. The largest absolute Gasteiger partial charge is 0.459 e. The SMILES string of the molecule is Cc1oc(-c2cccs2)nc1COC(=O)C1CCC1. The lowest BCUT2D eigenvalue weighted by atomic mass is 9.86. The Bertz CT molecular complexity index is 570. The van der Waals surface area contributed by atoms with E-state index in [1.54, 1.807) is 11.3 Å². The average Bonchev–Trinajstić information content (AvgIpc) is 2.93. The van der Waals surface area contributed by atoms with Crippen molar-refractivity contribution in [2.75, 3.05) is 0 Å². The predicted molar refractivity (Wildman–Crippen MR) is 71.7 cm³/mol. The molecule has 0 radical (unpaired) electrons. The molecule has 0 bridgehead atoms. The van der Waals surface area contributed by atoms with Gasteiger partial charge in [0.2, 0.25) is 5.89 Å². The lowest BCUT2D eigenvalue weighted by molar-refractivity contribution is -0.152. The molecule has 0 unspecified atom stereocenters. The number of thiophene rings is 1. The van der Waals surface area contributed by atoms with Crippen LogP contribution in [0.1, 0.15) is 30.7 Å². The molecular weight excluding hydrogens is 262 g/mol. The molecule has 4 nitrogen and oxygen atoms in total. The van der Waals surface area contributed by atoms with E-state index in [-0.39, 0.29) is 18.5 Å². The molecule has 0 atom stereocenters. The van der Waals surface area contributed by atoms with E-state index < -0.39 is 0 Å². The van der Waals surface area contributed by atoms with Gasteiger partial charge in [0.1, 0.15) is 18.1 Å². The van der Waals surface area contributed by atoms with Gasteiger partial charge in [-0.2, -0.15) is 0 Å². The maximum Gasteiger partial charge on any atom is 0.309 e. The van der Waals surface area contributed by atoms with Crippen molar-refractivity contribution in [3.63, 3.8) is 0 Å². The molecule has 2 aromatic rings. The first kappa shape index (κ1) is 12.4. The third-order valence-electron chi connectivity index (χ3n) is 3.41. The highest BCUT2D eigenvalue weighted by molar-refractivity contribution is 7.13. The first-order valence-corrected chi connectivity index (χ1v) is 7.29. The first-order valence-electron chi connectivity index (χ1n) is 6.41. The van der Waals surface area contributed by atoms with E-state index in [9.17, 15) is 4.79 Å². The second kappa shape index (κ2) is 5.17. The number of oxazole rings is 1. The Labute approximate surface area is 115 Å². The molecule has 0 aliphatic heterocycles. The highest BCUT2D eigenvalue weighted by Crippen LogP contribution is 2.29. The number of aryl methyl sites for hydroxylation is 1. The summed E-state index contributed by atoms with van der Waals surface area (Å²) < 4.78 is 10.9. The second-order valence-electron chi connectivity index (χ2n) is 4.73. The van der Waals surface area contributed by atoms with Crippen LogP contribution in [0.15, 0.2) is 21.9 Å². The van der Waals surface area contributed by atoms with E-state index >= 15 is 0 Å². The van der Waals surface area contributed by atoms with Crippen molar-refractivity contribution in [2.45, 2.75) is 32.8 Å². The fourth-order valence-corrected chi connectivity index (χ4v) is 2.62. The number of rotatable bonds is 4. The standard InChI is InChI=1S/C14H15NO3S/c1-9-11(8-17-14(16)10-4-2-5-10)15-13(18-9)12-6-3-7-19-12/h3,6-7,10H,2,4-5,8H2,1H3. The molecule has 0 spiro atoms. The van der Waals surface area contributed by atoms with Gasteiger partial charge in [-0.15, -0.1) is 11.3 Å². The summed E-state index contributed by atoms with van der Waals surface area (Å²) in [6.07, 6.45) is 3.04. The van der Waals surface area contributed by atoms with Gasteiger partial charge < -0.3 is 9.15 Å². The summed E-state index contributed by atoms with van der Waals surface area (Å²) in [6, 6.07) is 3.91. The number of esters is 1. The topological polar surface area (TPSA) is 52.3 Å². The van der Waals surface area contributed by atoms with Gasteiger partial charge in [-0.05, 0) is 31.2 Å². The molecule has 1 saturated carbocycles. The van der Waals surface area contributed by atoms with Crippen molar-refractivity contribution < 1.29 is 13.9 Å². The van der Waals surface area contributed by atoms with Gasteiger partial charge in [0.05, 0.1) is 10.8 Å². The first-order chi connectivity index (χ1) is 9.24. The predicted octanol–water partition coefficient (Wildman–Crippen LogP) is 3.55. The van der Waals surface area contributed by atoms with Crippen molar-refractivity contribution in [1.29, 1.82) is 0 Å². The van der Waals surface area contributed by atoms with Crippen molar-refractivity contribution in [1.82, 2.24) is 4.98 Å². The van der Waals surface area contributed by atoms with Crippen molar-refractivity contribution in [2.24, 2.45) is 5.92 Å². The van der Waals surface area contributed by atoms with Crippen molar-refractivity contribution in [3.05, 3.63) is 29.0 Å². The zero-order valence-electron chi connectivity index (χ0n) is 10.7. The number of carbonyl (C=O) groups is 1. The van der Waals surface area contributed by atoms with Gasteiger partial charge in [-0.1, -0.05) is 12.5 Å². The Kier molecular flexibility index (Phi) is 3.38. The monoisotopic (exact) mass is 277 g/mol. The summed E-state index contributed by atoms with van der Waals surface area (Å²) in [5, 5.41) is 1.98. The van der Waals surface area contributed by atoms with Crippen LogP contribution in [-0.4, -0.2) is 11.0 Å². The fourth-order valence-electron chi connectivity index (χ4n) is 1.97. The van der Waals surface area contributed by atoms with Crippen LogP contribution < -0.4 is 0 Å². The van der Waals surface area contributed by atoms with Crippen LogP contribution >= 0.6 is 11.3 Å². The molecule has 3 rings (SSSR count). The fraction of sp³-hybridized carbons (Fsp3) is 0.429. The Morgan fingerprint density at radius 1 is 1.58 bits per heavy atom. The maximum atomic E-state index is 11.7. The molecule has 0 aromatic carbocycles. The summed E-state index contributed by atoms with van der Waals surface area (Å²) >= 11 is 1.58. The zero-order chi connectivity index (χ0) is 13.2. The van der Waals surface area contributed by atoms with Gasteiger partial charge in [0, 0.05) is 0 Å². The van der Waals surface area contributed by atoms with Crippen LogP contribution in [0.2, 0.25) is 0 Å². The van der Waals surface area contributed by atoms with Gasteiger partial charge in [-0.3, -0.25) is 4.79 Å². The molecule has 19 heavy (non-hydrogen) atoms. The summed E-state index contributed by atoms with van der Waals surface area (Å²) in [7, 11) is 0. The molecule has 0 N–H and O–H groups in total. The Morgan fingerprint density at radius 2 is 2.42 bits per heavy atom. The number of nitrogens with zero attached hydrogens (tertiary/aromatic N) is 1. The minimum absolute atomic E-state index is 0.101. The summed E-state index contributed by atoms with van der Waals surface area (Å²) in [5.74, 6) is 1.31. The highest BCUT2D eigenvalue weighted by atomic mass is 32.1. The van der Waals surface area contributed by atoms with Crippen LogP contribution in [-0.2, 0) is 16.1 Å². The van der Waals surface area contributed by atoms with E-state index in [0.717, 1.165) is 24.1 Å². The third-order valence-corrected chi connectivity index (χ3v) is 4.27. The number of aromatic nitrogens is 1. The van der Waals surface area contributed by atoms with Crippen LogP contribution in [0, 0.1) is 12.8 Å². The molecule has 2 heterocycles. The Hall–Kier alpha value is -1.62. The van der Waals surface area contributed by atoms with E-state index in [1.807, 2.05) is 24.4 Å². The van der Waals surface area contributed by atoms with E-state index in [2.05, 4.69) is 4.98 Å². The smallest absolute Gasteiger partial charge is 0.309 e. The molecule has 1 aliphatic rings. The normalized spacial score (nSPS) is 15.2. The lowest BCUT2D eigenvalue weighted by Gasteiger charge is -2.22. The van der Waals surface area contributed by atoms with E-state index in [4.69, 9.17) is 9.15 Å². The summed E-state index contributed by atoms with van der Waals surface area (Å²) in [4.78, 5) is 17.0. The van der Waals surface area contributed by atoms with Crippen LogP contribution in [0.25, 0.3) is 10.8 Å². The van der Waals surface area contributed by atoms with Crippen LogP contribution in [0.5, 0.6) is 0 Å². The van der Waals surface area contributed by atoms with Crippen molar-refractivity contribution in [3.8, 4) is 10.8 Å². The lowest BCUT2D eigenvalue weighted by Crippen LogP contribution is -2.24. The van der Waals surface area contributed by atoms with Gasteiger partial charge in [0.15, 0.2) is 0 Å². The van der Waals surface area contributed by atoms with E-state index in [1.165, 1.54) is 0 Å². The minimum Gasteiger partial charge on any atom is -0.459 e. The quantitative estimate of drug-likeness (QED) is 0.802. The minimum atomic E-state index is -0.105. The second-order valence-corrected chi connectivity index (χ2v) is 5.68. The molecule has 0 amide bonds. The molecule has 1 aliphatic carbocycles. The number of carbonyl (C=O) groups excluding carboxylic acids is 1. The van der Waals surface area contributed by atoms with Crippen LogP contribution in [0.4, 0.5) is 0 Å². The molecule has 100 valence electrons. The number of hydrogen-bond acceptors (Lipinski definition) is 5.